The number of aliphatic carboxylic acids is 1. The van der Waals surface area contributed by atoms with Crippen LogP contribution in [0.4, 0.5) is 0 Å². The van der Waals surface area contributed by atoms with E-state index < -0.39 is 5.97 Å². The van der Waals surface area contributed by atoms with Gasteiger partial charge in [0, 0.05) is 34.2 Å². The Morgan fingerprint density at radius 2 is 1.55 bits per heavy atom. The third-order valence-corrected chi connectivity index (χ3v) is 5.89. The Bertz CT molecular complexity index is 927. The van der Waals surface area contributed by atoms with E-state index in [2.05, 4.69) is 17.1 Å². The minimum Gasteiger partial charge on any atom is -0.481 e. The molecule has 29 heavy (non-hydrogen) atoms. The predicted octanol–water partition coefficient (Wildman–Crippen LogP) is 5.13. The number of carboxylic acid groups (broad SMARTS) is 1. The molecule has 3 rings (SSSR count). The molecule has 4 nitrogen and oxygen atoms in total. The zero-order chi connectivity index (χ0) is 20.5. The van der Waals surface area contributed by atoms with Crippen LogP contribution in [0.3, 0.4) is 0 Å². The highest BCUT2D eigenvalue weighted by molar-refractivity contribution is 7.99. The first-order valence-electron chi connectivity index (χ1n) is 9.58. The normalized spacial score (nSPS) is 11.7. The zero-order valence-electron chi connectivity index (χ0n) is 16.0. The average molecular weight is 406 g/mol. The number of carbonyl (C=O) groups excluding carboxylic acids is 1. The lowest BCUT2D eigenvalue weighted by atomic mass is 10.0. The number of carbonyl (C=O) groups is 2. The van der Waals surface area contributed by atoms with E-state index in [1.165, 1.54) is 17.3 Å². The number of rotatable bonds is 10. The lowest BCUT2D eigenvalue weighted by Crippen LogP contribution is -2.16. The van der Waals surface area contributed by atoms with E-state index in [1.54, 1.807) is 36.7 Å². The number of hydrogen-bond donors (Lipinski definition) is 1. The number of aromatic nitrogens is 1. The van der Waals surface area contributed by atoms with Gasteiger partial charge in [-0.1, -0.05) is 30.3 Å². The molecule has 0 amide bonds. The monoisotopic (exact) mass is 405 g/mol. The molecule has 0 aliphatic heterocycles. The smallest absolute Gasteiger partial charge is 0.307 e. The first-order valence-corrected chi connectivity index (χ1v) is 10.6. The maximum Gasteiger partial charge on any atom is 0.307 e. The van der Waals surface area contributed by atoms with Crippen molar-refractivity contribution in [3.63, 3.8) is 0 Å². The Morgan fingerprint density at radius 3 is 2.21 bits per heavy atom. The fraction of sp³-hybridized carbons (Fsp3) is 0.208. The van der Waals surface area contributed by atoms with Crippen LogP contribution in [0.25, 0.3) is 0 Å². The third-order valence-electron chi connectivity index (χ3n) is 4.72. The number of aryl methyl sites for hydroxylation is 1. The summed E-state index contributed by atoms with van der Waals surface area (Å²) >= 11 is 1.52. The fourth-order valence-corrected chi connectivity index (χ4v) is 4.08. The molecule has 0 spiro atoms. The molecule has 1 atom stereocenters. The highest BCUT2D eigenvalue weighted by Gasteiger charge is 2.17. The average Bonchev–Trinajstić information content (AvgIpc) is 2.77. The molecule has 1 unspecified atom stereocenters. The quantitative estimate of drug-likeness (QED) is 0.374. The van der Waals surface area contributed by atoms with Gasteiger partial charge in [0.1, 0.15) is 0 Å². The molecule has 3 aromatic rings. The maximum absolute atomic E-state index is 12.4. The van der Waals surface area contributed by atoms with E-state index in [4.69, 9.17) is 0 Å². The summed E-state index contributed by atoms with van der Waals surface area (Å²) in [4.78, 5) is 28.9. The Labute approximate surface area is 175 Å². The topological polar surface area (TPSA) is 67.3 Å². The molecule has 0 saturated heterocycles. The number of hydrogen-bond acceptors (Lipinski definition) is 4. The Morgan fingerprint density at radius 1 is 0.897 bits per heavy atom. The first kappa shape index (κ1) is 20.8. The van der Waals surface area contributed by atoms with Gasteiger partial charge < -0.3 is 5.11 Å². The number of carboxylic acids is 1. The summed E-state index contributed by atoms with van der Waals surface area (Å²) in [6, 6.07) is 20.8. The summed E-state index contributed by atoms with van der Waals surface area (Å²) in [5.41, 5.74) is 2.45. The third kappa shape index (κ3) is 6.29. The van der Waals surface area contributed by atoms with Crippen LogP contribution in [0, 0.1) is 5.92 Å². The van der Waals surface area contributed by atoms with Crippen LogP contribution in [0.2, 0.25) is 0 Å². The molecule has 0 aliphatic carbocycles. The lowest BCUT2D eigenvalue weighted by Gasteiger charge is -2.12. The highest BCUT2D eigenvalue weighted by atomic mass is 32.2. The minimum atomic E-state index is -0.755. The molecule has 148 valence electrons. The van der Waals surface area contributed by atoms with Crippen LogP contribution in [-0.2, 0) is 11.2 Å². The van der Waals surface area contributed by atoms with Crippen LogP contribution >= 0.6 is 11.8 Å². The lowest BCUT2D eigenvalue weighted by molar-refractivity contribution is -0.141. The first-order chi connectivity index (χ1) is 14.1. The highest BCUT2D eigenvalue weighted by Crippen LogP contribution is 2.24. The second-order valence-corrected chi connectivity index (χ2v) is 7.91. The molecule has 5 heteroatoms. The maximum atomic E-state index is 12.4. The molecule has 0 aliphatic rings. The van der Waals surface area contributed by atoms with Crippen LogP contribution < -0.4 is 0 Å². The van der Waals surface area contributed by atoms with E-state index in [0.29, 0.717) is 23.3 Å². The molecule has 0 fully saturated rings. The van der Waals surface area contributed by atoms with Crippen molar-refractivity contribution in [2.45, 2.75) is 24.2 Å². The number of nitrogens with zero attached hydrogens (tertiary/aromatic N) is 1. The van der Waals surface area contributed by atoms with Gasteiger partial charge in [-0.3, -0.25) is 14.6 Å². The minimum absolute atomic E-state index is 0.0479. The van der Waals surface area contributed by atoms with Crippen LogP contribution in [-0.4, -0.2) is 27.6 Å². The molecule has 1 heterocycles. The molecule has 2 aromatic carbocycles. The Kier molecular flexibility index (Phi) is 7.59. The van der Waals surface area contributed by atoms with Crippen LogP contribution in [0.1, 0.15) is 34.3 Å². The van der Waals surface area contributed by atoms with Gasteiger partial charge in [-0.25, -0.2) is 0 Å². The van der Waals surface area contributed by atoms with E-state index in [9.17, 15) is 14.7 Å². The van der Waals surface area contributed by atoms with E-state index >= 15 is 0 Å². The van der Waals surface area contributed by atoms with E-state index in [0.717, 1.165) is 17.7 Å². The molecule has 1 aromatic heterocycles. The van der Waals surface area contributed by atoms with Crippen molar-refractivity contribution in [3.05, 3.63) is 95.8 Å². The molecule has 0 saturated carbocycles. The summed E-state index contributed by atoms with van der Waals surface area (Å²) in [5, 5.41) is 9.53. The van der Waals surface area contributed by atoms with Gasteiger partial charge in [0.25, 0.3) is 0 Å². The molecule has 0 radical (unpaired) electrons. The Hall–Kier alpha value is -2.92. The number of benzene rings is 2. The number of ketones is 1. The van der Waals surface area contributed by atoms with Gasteiger partial charge in [0.15, 0.2) is 5.78 Å². The van der Waals surface area contributed by atoms with E-state index in [1.807, 2.05) is 30.3 Å². The summed E-state index contributed by atoms with van der Waals surface area (Å²) in [5.74, 6) is -0.674. The molecule has 0 bridgehead atoms. The van der Waals surface area contributed by atoms with Gasteiger partial charge in [0.05, 0.1) is 5.92 Å². The number of pyridine rings is 1. The molecular formula is C24H23NO3S. The van der Waals surface area contributed by atoms with Crippen molar-refractivity contribution in [2.24, 2.45) is 5.92 Å². The fourth-order valence-electron chi connectivity index (χ4n) is 3.04. The Balaban J connectivity index is 1.51. The van der Waals surface area contributed by atoms with Gasteiger partial charge in [-0.15, -0.1) is 11.8 Å². The summed E-state index contributed by atoms with van der Waals surface area (Å²) < 4.78 is 0. The second kappa shape index (κ2) is 10.6. The SMILES string of the molecule is O=C(c1ccncc1)c1ccc(SCC(CCCc2ccccc2)C(=O)O)cc1. The molecule has 1 N–H and O–H groups in total. The van der Waals surface area contributed by atoms with Crippen molar-refractivity contribution in [3.8, 4) is 0 Å². The largest absolute Gasteiger partial charge is 0.481 e. The van der Waals surface area contributed by atoms with Gasteiger partial charge >= 0.3 is 5.97 Å². The standard InChI is InChI=1S/C24H23NO3S/c26-23(20-13-15-25-16-14-20)19-9-11-22(12-10-19)29-17-21(24(27)28)8-4-7-18-5-2-1-3-6-18/h1-3,5-6,9-16,21H,4,7-8,17H2,(H,27,28). The van der Waals surface area contributed by atoms with Crippen LogP contribution in [0.15, 0.2) is 84.0 Å². The molecular weight excluding hydrogens is 382 g/mol. The second-order valence-electron chi connectivity index (χ2n) is 6.81. The van der Waals surface area contributed by atoms with Crippen molar-refractivity contribution < 1.29 is 14.7 Å². The predicted molar refractivity (Wildman–Crippen MR) is 115 cm³/mol. The van der Waals surface area contributed by atoms with Crippen molar-refractivity contribution >= 4 is 23.5 Å². The zero-order valence-corrected chi connectivity index (χ0v) is 16.8. The van der Waals surface area contributed by atoms with Crippen molar-refractivity contribution in [2.75, 3.05) is 5.75 Å². The van der Waals surface area contributed by atoms with Crippen LogP contribution in [0.5, 0.6) is 0 Å². The summed E-state index contributed by atoms with van der Waals surface area (Å²) in [6.45, 7) is 0. The van der Waals surface area contributed by atoms with Gasteiger partial charge in [-0.2, -0.15) is 0 Å². The number of thioether (sulfide) groups is 1. The van der Waals surface area contributed by atoms with Gasteiger partial charge in [-0.05, 0) is 61.2 Å². The van der Waals surface area contributed by atoms with E-state index in [-0.39, 0.29) is 11.7 Å². The van der Waals surface area contributed by atoms with Gasteiger partial charge in [0.2, 0.25) is 0 Å². The van der Waals surface area contributed by atoms with Crippen molar-refractivity contribution in [1.82, 2.24) is 4.98 Å². The summed E-state index contributed by atoms with van der Waals surface area (Å²) in [7, 11) is 0. The summed E-state index contributed by atoms with van der Waals surface area (Å²) in [6.07, 6.45) is 5.58. The van der Waals surface area contributed by atoms with Crippen molar-refractivity contribution in [1.29, 1.82) is 0 Å².